The van der Waals surface area contributed by atoms with E-state index in [2.05, 4.69) is 9.97 Å². The zero-order chi connectivity index (χ0) is 16.9. The van der Waals surface area contributed by atoms with Gasteiger partial charge in [-0.15, -0.1) is 0 Å². The molecule has 1 atom stereocenters. The Hall–Kier alpha value is -2.30. The van der Waals surface area contributed by atoms with Crippen molar-refractivity contribution >= 4 is 29.0 Å². The Morgan fingerprint density at radius 2 is 1.92 bits per heavy atom. The van der Waals surface area contributed by atoms with Crippen molar-refractivity contribution in [2.45, 2.75) is 12.5 Å². The molecule has 3 rings (SSSR count). The molecule has 0 unspecified atom stereocenters. The van der Waals surface area contributed by atoms with Crippen molar-refractivity contribution in [3.8, 4) is 5.75 Å². The van der Waals surface area contributed by atoms with E-state index in [0.29, 0.717) is 33.6 Å². The second kappa shape index (κ2) is 7.51. The van der Waals surface area contributed by atoms with Crippen LogP contribution in [0.15, 0.2) is 60.9 Å². The van der Waals surface area contributed by atoms with Crippen LogP contribution in [0.3, 0.4) is 0 Å². The van der Waals surface area contributed by atoms with Gasteiger partial charge in [-0.3, -0.25) is 4.79 Å². The van der Waals surface area contributed by atoms with Gasteiger partial charge < -0.3 is 9.72 Å². The highest BCUT2D eigenvalue weighted by molar-refractivity contribution is 6.42. The molecule has 1 heterocycles. The minimum Gasteiger partial charge on any atom is -0.482 e. The quantitative estimate of drug-likeness (QED) is 0.654. The van der Waals surface area contributed by atoms with Crippen LogP contribution in [0, 0.1) is 0 Å². The van der Waals surface area contributed by atoms with E-state index in [1.54, 1.807) is 42.7 Å². The highest BCUT2D eigenvalue weighted by Crippen LogP contribution is 2.27. The van der Waals surface area contributed by atoms with Gasteiger partial charge in [-0.25, -0.2) is 4.98 Å². The van der Waals surface area contributed by atoms with Gasteiger partial charge in [0.2, 0.25) is 5.78 Å². The van der Waals surface area contributed by atoms with Gasteiger partial charge in [0.15, 0.2) is 6.10 Å². The first-order chi connectivity index (χ1) is 11.6. The molecule has 2 aromatic carbocycles. The van der Waals surface area contributed by atoms with Gasteiger partial charge in [0.05, 0.1) is 16.5 Å². The number of nitrogens with one attached hydrogen (secondary N) is 1. The van der Waals surface area contributed by atoms with Crippen molar-refractivity contribution < 1.29 is 9.53 Å². The van der Waals surface area contributed by atoms with E-state index in [4.69, 9.17) is 27.9 Å². The summed E-state index contributed by atoms with van der Waals surface area (Å²) in [5.74, 6) is 1.02. The fourth-order valence-corrected chi connectivity index (χ4v) is 2.56. The molecule has 0 aliphatic rings. The average molecular weight is 361 g/mol. The molecule has 24 heavy (non-hydrogen) atoms. The normalized spacial score (nSPS) is 11.9. The van der Waals surface area contributed by atoms with Crippen LogP contribution in [0.1, 0.15) is 16.2 Å². The Kier molecular flexibility index (Phi) is 5.18. The van der Waals surface area contributed by atoms with Crippen LogP contribution in [0.4, 0.5) is 0 Å². The third-order valence-corrected chi connectivity index (χ3v) is 4.19. The van der Waals surface area contributed by atoms with Crippen molar-refractivity contribution in [2.24, 2.45) is 0 Å². The molecule has 6 heteroatoms. The second-order valence-corrected chi connectivity index (χ2v) is 5.97. The standard InChI is InChI=1S/C18H14Cl2N2O2/c19-14-7-6-13(10-15(14)20)24-16(11-17-21-8-9-22-17)18(23)12-4-2-1-3-5-12/h1-10,16H,11H2,(H,21,22)/t16-/m0/s1. The lowest BCUT2D eigenvalue weighted by molar-refractivity contribution is 0.0789. The molecule has 122 valence electrons. The fourth-order valence-electron chi connectivity index (χ4n) is 2.28. The Morgan fingerprint density at radius 3 is 2.58 bits per heavy atom. The number of hydrogen-bond donors (Lipinski definition) is 1. The second-order valence-electron chi connectivity index (χ2n) is 5.15. The molecule has 0 saturated carbocycles. The molecule has 0 amide bonds. The first kappa shape index (κ1) is 16.6. The maximum Gasteiger partial charge on any atom is 0.203 e. The minimum absolute atomic E-state index is 0.127. The summed E-state index contributed by atoms with van der Waals surface area (Å²) in [5, 5.41) is 0.805. The van der Waals surface area contributed by atoms with Crippen LogP contribution < -0.4 is 4.74 Å². The summed E-state index contributed by atoms with van der Waals surface area (Å²) in [7, 11) is 0. The lowest BCUT2D eigenvalue weighted by Gasteiger charge is -2.18. The van der Waals surface area contributed by atoms with Crippen molar-refractivity contribution in [1.82, 2.24) is 9.97 Å². The van der Waals surface area contributed by atoms with Crippen LogP contribution >= 0.6 is 23.2 Å². The number of ether oxygens (including phenoxy) is 1. The lowest BCUT2D eigenvalue weighted by atomic mass is 10.0. The number of benzene rings is 2. The Bertz CT molecular complexity index is 820. The third-order valence-electron chi connectivity index (χ3n) is 3.45. The van der Waals surface area contributed by atoms with Crippen LogP contribution in [0.25, 0.3) is 0 Å². The SMILES string of the molecule is O=C(c1ccccc1)[C@H](Cc1ncc[nH]1)Oc1ccc(Cl)c(Cl)c1. The Balaban J connectivity index is 1.86. The average Bonchev–Trinajstić information content (AvgIpc) is 3.11. The van der Waals surface area contributed by atoms with Crippen molar-refractivity contribution in [3.05, 3.63) is 82.4 Å². The minimum atomic E-state index is -0.726. The molecule has 0 saturated heterocycles. The van der Waals surface area contributed by atoms with Crippen molar-refractivity contribution in [2.75, 3.05) is 0 Å². The van der Waals surface area contributed by atoms with Crippen LogP contribution in [0.2, 0.25) is 10.0 Å². The predicted molar refractivity (Wildman–Crippen MR) is 93.9 cm³/mol. The van der Waals surface area contributed by atoms with E-state index in [1.165, 1.54) is 0 Å². The summed E-state index contributed by atoms with van der Waals surface area (Å²) in [4.78, 5) is 20.0. The van der Waals surface area contributed by atoms with E-state index in [9.17, 15) is 4.79 Å². The molecule has 4 nitrogen and oxygen atoms in total. The number of ketones is 1. The van der Waals surface area contributed by atoms with Gasteiger partial charge in [0, 0.05) is 24.0 Å². The van der Waals surface area contributed by atoms with Crippen LogP contribution in [-0.2, 0) is 6.42 Å². The number of carbonyl (C=O) groups is 1. The monoisotopic (exact) mass is 360 g/mol. The molecule has 1 N–H and O–H groups in total. The number of halogens is 2. The summed E-state index contributed by atoms with van der Waals surface area (Å²) in [6.07, 6.45) is 2.94. The number of aromatic nitrogens is 2. The van der Waals surface area contributed by atoms with Crippen LogP contribution in [-0.4, -0.2) is 21.9 Å². The number of carbonyl (C=O) groups excluding carboxylic acids is 1. The van der Waals surface area contributed by atoms with E-state index in [-0.39, 0.29) is 5.78 Å². The molecular formula is C18H14Cl2N2O2. The Labute approximate surface area is 149 Å². The van der Waals surface area contributed by atoms with Crippen molar-refractivity contribution in [3.63, 3.8) is 0 Å². The van der Waals surface area contributed by atoms with Gasteiger partial charge in [-0.05, 0) is 12.1 Å². The molecule has 0 aliphatic carbocycles. The molecule has 0 aliphatic heterocycles. The maximum absolute atomic E-state index is 12.8. The third kappa shape index (κ3) is 3.96. The summed E-state index contributed by atoms with van der Waals surface area (Å²) in [6.45, 7) is 0. The molecule has 0 spiro atoms. The first-order valence-corrected chi connectivity index (χ1v) is 8.08. The number of hydrogen-bond acceptors (Lipinski definition) is 3. The maximum atomic E-state index is 12.8. The summed E-state index contributed by atoms with van der Waals surface area (Å²) in [5.41, 5.74) is 0.578. The number of Topliss-reactive ketones (excluding diaryl/α,β-unsaturated/α-hetero) is 1. The number of nitrogens with zero attached hydrogens (tertiary/aromatic N) is 1. The number of H-pyrrole nitrogens is 1. The van der Waals surface area contributed by atoms with E-state index in [0.717, 1.165) is 0 Å². The smallest absolute Gasteiger partial charge is 0.203 e. The Morgan fingerprint density at radius 1 is 1.12 bits per heavy atom. The summed E-state index contributed by atoms with van der Waals surface area (Å²) in [6, 6.07) is 13.9. The zero-order valence-corrected chi connectivity index (χ0v) is 14.1. The van der Waals surface area contributed by atoms with E-state index < -0.39 is 6.10 Å². The van der Waals surface area contributed by atoms with Gasteiger partial charge in [0.1, 0.15) is 11.6 Å². The molecule has 3 aromatic rings. The van der Waals surface area contributed by atoms with Gasteiger partial charge in [-0.1, -0.05) is 53.5 Å². The highest BCUT2D eigenvalue weighted by atomic mass is 35.5. The fraction of sp³-hybridized carbons (Fsp3) is 0.111. The van der Waals surface area contributed by atoms with Crippen molar-refractivity contribution in [1.29, 1.82) is 0 Å². The lowest BCUT2D eigenvalue weighted by Crippen LogP contribution is -2.30. The summed E-state index contributed by atoms with van der Waals surface area (Å²) < 4.78 is 5.89. The van der Waals surface area contributed by atoms with E-state index >= 15 is 0 Å². The molecular weight excluding hydrogens is 347 g/mol. The van der Waals surface area contributed by atoms with Gasteiger partial charge in [-0.2, -0.15) is 0 Å². The zero-order valence-electron chi connectivity index (χ0n) is 12.6. The number of rotatable bonds is 6. The molecule has 1 aromatic heterocycles. The van der Waals surface area contributed by atoms with Gasteiger partial charge >= 0.3 is 0 Å². The summed E-state index contributed by atoms with van der Waals surface area (Å²) >= 11 is 11.9. The number of aromatic amines is 1. The molecule has 0 radical (unpaired) electrons. The van der Waals surface area contributed by atoms with Gasteiger partial charge in [0.25, 0.3) is 0 Å². The molecule has 0 fully saturated rings. The topological polar surface area (TPSA) is 55.0 Å². The van der Waals surface area contributed by atoms with Crippen LogP contribution in [0.5, 0.6) is 5.75 Å². The molecule has 0 bridgehead atoms. The highest BCUT2D eigenvalue weighted by Gasteiger charge is 2.23. The predicted octanol–water partition coefficient (Wildman–Crippen LogP) is 4.59. The largest absolute Gasteiger partial charge is 0.482 e. The van der Waals surface area contributed by atoms with E-state index in [1.807, 2.05) is 18.2 Å². The number of imidazole rings is 1. The first-order valence-electron chi connectivity index (χ1n) is 7.32.